The summed E-state index contributed by atoms with van der Waals surface area (Å²) < 4.78 is 0. The summed E-state index contributed by atoms with van der Waals surface area (Å²) in [6.07, 6.45) is 7.96. The summed E-state index contributed by atoms with van der Waals surface area (Å²) in [5.41, 5.74) is 0.882. The van der Waals surface area contributed by atoms with Crippen LogP contribution in [0.1, 0.15) is 19.8 Å². The summed E-state index contributed by atoms with van der Waals surface area (Å²) in [6.45, 7) is 4.76. The van der Waals surface area contributed by atoms with Crippen LogP contribution in [0.25, 0.3) is 0 Å². The van der Waals surface area contributed by atoms with Crippen molar-refractivity contribution in [1.82, 2.24) is 10.2 Å². The number of hydrogen-bond acceptors (Lipinski definition) is 2. The van der Waals surface area contributed by atoms with E-state index in [2.05, 4.69) is 12.2 Å². The first kappa shape index (κ1) is 10.3. The van der Waals surface area contributed by atoms with Gasteiger partial charge in [0.2, 0.25) is 0 Å². The molecule has 15 heavy (non-hydrogen) atoms. The fourth-order valence-electron chi connectivity index (χ4n) is 2.02. The fraction of sp³-hybridized carbons (Fsp3) is 0.583. The number of nitrogens with one attached hydrogen (secondary N) is 1. The molecule has 0 aliphatic carbocycles. The van der Waals surface area contributed by atoms with Gasteiger partial charge in [-0.05, 0) is 31.0 Å². The van der Waals surface area contributed by atoms with Gasteiger partial charge in [-0.1, -0.05) is 13.0 Å². The van der Waals surface area contributed by atoms with Crippen LogP contribution in [0.4, 0.5) is 0 Å². The highest BCUT2D eigenvalue weighted by atomic mass is 16.2. The molecule has 0 saturated carbocycles. The Bertz CT molecular complexity index is 299. The molecular formula is C12H18N2O. The molecule has 1 fully saturated rings. The molecule has 0 aromatic rings. The van der Waals surface area contributed by atoms with E-state index in [0.29, 0.717) is 6.54 Å². The Morgan fingerprint density at radius 2 is 2.20 bits per heavy atom. The molecule has 3 heteroatoms. The molecule has 1 saturated heterocycles. The summed E-state index contributed by atoms with van der Waals surface area (Å²) in [6, 6.07) is 0. The van der Waals surface area contributed by atoms with Crippen LogP contribution in [0, 0.1) is 5.92 Å². The third-order valence-electron chi connectivity index (χ3n) is 3.15. The Kier molecular flexibility index (Phi) is 3.09. The van der Waals surface area contributed by atoms with Crippen LogP contribution in [-0.2, 0) is 4.79 Å². The third kappa shape index (κ3) is 2.41. The molecular weight excluding hydrogens is 188 g/mol. The number of allylic oxidation sites excluding steroid dienone is 2. The van der Waals surface area contributed by atoms with Crippen molar-refractivity contribution in [3.63, 3.8) is 0 Å². The van der Waals surface area contributed by atoms with E-state index in [1.165, 1.54) is 0 Å². The topological polar surface area (TPSA) is 32.3 Å². The van der Waals surface area contributed by atoms with Crippen LogP contribution in [0.15, 0.2) is 23.9 Å². The molecule has 0 aromatic heterocycles. The molecule has 0 aromatic carbocycles. The maximum atomic E-state index is 12.0. The van der Waals surface area contributed by atoms with E-state index in [-0.39, 0.29) is 5.91 Å². The van der Waals surface area contributed by atoms with E-state index in [4.69, 9.17) is 0 Å². The van der Waals surface area contributed by atoms with E-state index < -0.39 is 0 Å². The number of carbonyl (C=O) groups is 1. The lowest BCUT2D eigenvalue weighted by atomic mass is 9.98. The van der Waals surface area contributed by atoms with Gasteiger partial charge in [0.05, 0.1) is 0 Å². The van der Waals surface area contributed by atoms with Crippen LogP contribution in [0.2, 0.25) is 0 Å². The van der Waals surface area contributed by atoms with E-state index in [0.717, 1.165) is 37.4 Å². The van der Waals surface area contributed by atoms with Crippen LogP contribution in [0.3, 0.4) is 0 Å². The molecule has 3 nitrogen and oxygen atoms in total. The van der Waals surface area contributed by atoms with Crippen LogP contribution in [0.5, 0.6) is 0 Å². The smallest absolute Gasteiger partial charge is 0.251 e. The van der Waals surface area contributed by atoms with Gasteiger partial charge in [-0.2, -0.15) is 0 Å². The number of carbonyl (C=O) groups excluding carboxylic acids is 1. The number of piperidine rings is 1. The minimum Gasteiger partial charge on any atom is -0.387 e. The van der Waals surface area contributed by atoms with Crippen molar-refractivity contribution in [2.45, 2.75) is 19.8 Å². The van der Waals surface area contributed by atoms with Gasteiger partial charge >= 0.3 is 0 Å². The molecule has 0 radical (unpaired) electrons. The first-order valence-corrected chi connectivity index (χ1v) is 5.66. The van der Waals surface area contributed by atoms with Crippen molar-refractivity contribution in [1.29, 1.82) is 0 Å². The maximum Gasteiger partial charge on any atom is 0.251 e. The number of nitrogens with zero attached hydrogens (tertiary/aromatic N) is 1. The zero-order valence-corrected chi connectivity index (χ0v) is 9.20. The average molecular weight is 206 g/mol. The Hall–Kier alpha value is -1.25. The molecule has 1 amide bonds. The largest absolute Gasteiger partial charge is 0.387 e. The normalized spacial score (nSPS) is 22.2. The van der Waals surface area contributed by atoms with Gasteiger partial charge in [0.25, 0.3) is 5.91 Å². The summed E-state index contributed by atoms with van der Waals surface area (Å²) in [4.78, 5) is 14.0. The lowest BCUT2D eigenvalue weighted by Gasteiger charge is -2.31. The second-order valence-electron chi connectivity index (χ2n) is 4.41. The number of rotatable bonds is 1. The highest BCUT2D eigenvalue weighted by Crippen LogP contribution is 2.17. The number of hydrogen-bond donors (Lipinski definition) is 1. The quantitative estimate of drug-likeness (QED) is 0.701. The Labute approximate surface area is 90.8 Å². The predicted octanol–water partition coefficient (Wildman–Crippen LogP) is 1.29. The van der Waals surface area contributed by atoms with Crippen molar-refractivity contribution in [2.75, 3.05) is 19.6 Å². The molecule has 0 spiro atoms. The van der Waals surface area contributed by atoms with Crippen molar-refractivity contribution in [3.05, 3.63) is 23.9 Å². The van der Waals surface area contributed by atoms with Crippen LogP contribution >= 0.6 is 0 Å². The molecule has 0 atom stereocenters. The lowest BCUT2D eigenvalue weighted by molar-refractivity contribution is -0.128. The number of amides is 1. The SMILES string of the molecule is CC1CCN(C(=O)C2=CC=CNC2)CC1. The molecule has 2 rings (SSSR count). The second-order valence-corrected chi connectivity index (χ2v) is 4.41. The molecule has 0 unspecified atom stereocenters. The Morgan fingerprint density at radius 1 is 1.47 bits per heavy atom. The minimum atomic E-state index is 0.207. The second kappa shape index (κ2) is 4.51. The third-order valence-corrected chi connectivity index (χ3v) is 3.15. The first-order valence-electron chi connectivity index (χ1n) is 5.66. The molecule has 82 valence electrons. The highest BCUT2D eigenvalue weighted by molar-refractivity contribution is 5.94. The summed E-state index contributed by atoms with van der Waals surface area (Å²) in [5.74, 6) is 0.978. The van der Waals surface area contributed by atoms with E-state index >= 15 is 0 Å². The van der Waals surface area contributed by atoms with E-state index in [1.807, 2.05) is 23.3 Å². The predicted molar refractivity (Wildman–Crippen MR) is 60.2 cm³/mol. The monoisotopic (exact) mass is 206 g/mol. The zero-order chi connectivity index (χ0) is 10.7. The Morgan fingerprint density at radius 3 is 2.80 bits per heavy atom. The van der Waals surface area contributed by atoms with Gasteiger partial charge in [-0.3, -0.25) is 4.79 Å². The lowest BCUT2D eigenvalue weighted by Crippen LogP contribution is -2.40. The summed E-state index contributed by atoms with van der Waals surface area (Å²) >= 11 is 0. The van der Waals surface area contributed by atoms with Crippen molar-refractivity contribution < 1.29 is 4.79 Å². The van der Waals surface area contributed by atoms with Crippen LogP contribution < -0.4 is 5.32 Å². The standard InChI is InChI=1S/C12H18N2O/c1-10-4-7-14(8-5-10)12(15)11-3-2-6-13-9-11/h2-3,6,10,13H,4-5,7-9H2,1H3. The Balaban J connectivity index is 1.96. The van der Waals surface area contributed by atoms with Gasteiger partial charge in [0, 0.05) is 25.2 Å². The fourth-order valence-corrected chi connectivity index (χ4v) is 2.02. The summed E-state index contributed by atoms with van der Waals surface area (Å²) in [7, 11) is 0. The van der Waals surface area contributed by atoms with Gasteiger partial charge in [-0.15, -0.1) is 0 Å². The van der Waals surface area contributed by atoms with Gasteiger partial charge < -0.3 is 10.2 Å². The molecule has 1 N–H and O–H groups in total. The van der Waals surface area contributed by atoms with Gasteiger partial charge in [0.1, 0.15) is 0 Å². The van der Waals surface area contributed by atoms with Crippen molar-refractivity contribution >= 4 is 5.91 Å². The maximum absolute atomic E-state index is 12.0. The van der Waals surface area contributed by atoms with Crippen molar-refractivity contribution in [3.8, 4) is 0 Å². The van der Waals surface area contributed by atoms with Gasteiger partial charge in [-0.25, -0.2) is 0 Å². The number of likely N-dealkylation sites (tertiary alicyclic amines) is 1. The zero-order valence-electron chi connectivity index (χ0n) is 9.20. The first-order chi connectivity index (χ1) is 7.27. The molecule has 0 bridgehead atoms. The van der Waals surface area contributed by atoms with Crippen LogP contribution in [-0.4, -0.2) is 30.4 Å². The minimum absolute atomic E-state index is 0.207. The van der Waals surface area contributed by atoms with Gasteiger partial charge in [0.15, 0.2) is 0 Å². The highest BCUT2D eigenvalue weighted by Gasteiger charge is 2.22. The molecule has 2 aliphatic heterocycles. The molecule has 2 aliphatic rings. The summed E-state index contributed by atoms with van der Waals surface area (Å²) in [5, 5.41) is 3.07. The van der Waals surface area contributed by atoms with E-state index in [1.54, 1.807) is 0 Å². The van der Waals surface area contributed by atoms with Crippen molar-refractivity contribution in [2.24, 2.45) is 5.92 Å². The van der Waals surface area contributed by atoms with E-state index in [9.17, 15) is 4.79 Å². The molecule has 2 heterocycles. The number of dihydropyridines is 1. The average Bonchev–Trinajstić information content (AvgIpc) is 2.30.